The first-order valence-corrected chi connectivity index (χ1v) is 4.96. The Morgan fingerprint density at radius 3 is 2.54 bits per heavy atom. The summed E-state index contributed by atoms with van der Waals surface area (Å²) in [7, 11) is 3.74. The van der Waals surface area contributed by atoms with Gasteiger partial charge in [0.05, 0.1) is 13.2 Å². The zero-order valence-electron chi connectivity index (χ0n) is 7.75. The van der Waals surface area contributed by atoms with E-state index in [0.29, 0.717) is 25.7 Å². The van der Waals surface area contributed by atoms with Crippen LogP contribution in [0.3, 0.4) is 0 Å². The van der Waals surface area contributed by atoms with Crippen molar-refractivity contribution in [3.8, 4) is 0 Å². The third kappa shape index (κ3) is 2.19. The van der Waals surface area contributed by atoms with Crippen LogP contribution in [0.4, 0.5) is 0 Å². The molecule has 1 fully saturated rings. The fourth-order valence-corrected chi connectivity index (χ4v) is 2.10. The number of carbonyl (C=O) groups is 1. The number of rotatable bonds is 2. The number of esters is 1. The maximum Gasteiger partial charge on any atom is 0.326 e. The summed E-state index contributed by atoms with van der Waals surface area (Å²) in [6, 6.07) is 0. The molecule has 1 saturated carbocycles. The van der Waals surface area contributed by atoms with E-state index in [-0.39, 0.29) is 12.1 Å². The molecule has 5 heteroatoms. The van der Waals surface area contributed by atoms with Gasteiger partial charge in [-0.1, -0.05) is 9.39 Å². The van der Waals surface area contributed by atoms with Crippen LogP contribution in [0.1, 0.15) is 25.7 Å². The van der Waals surface area contributed by atoms with Crippen LogP contribution in [0, 0.1) is 0 Å². The predicted molar refractivity (Wildman–Crippen MR) is 52.1 cm³/mol. The summed E-state index contributed by atoms with van der Waals surface area (Å²) >= 11 is 0. The SMILES string of the molecule is COC(=O)C1(NP)CCC(O)CC1. The first kappa shape index (κ1) is 10.9. The molecular weight excluding hydrogens is 189 g/mol. The van der Waals surface area contributed by atoms with Gasteiger partial charge < -0.3 is 9.84 Å². The predicted octanol–water partition coefficient (Wildman–Crippen LogP) is 0.213. The van der Waals surface area contributed by atoms with Crippen LogP contribution in [0.5, 0.6) is 0 Å². The minimum Gasteiger partial charge on any atom is -0.468 e. The fourth-order valence-electron chi connectivity index (χ4n) is 1.70. The van der Waals surface area contributed by atoms with E-state index in [1.807, 2.05) is 0 Å². The zero-order chi connectivity index (χ0) is 9.90. The summed E-state index contributed by atoms with van der Waals surface area (Å²) in [5, 5.41) is 12.2. The highest BCUT2D eigenvalue weighted by atomic mass is 31.0. The van der Waals surface area contributed by atoms with Gasteiger partial charge >= 0.3 is 5.97 Å². The van der Waals surface area contributed by atoms with Gasteiger partial charge in [0.2, 0.25) is 0 Å². The summed E-state index contributed by atoms with van der Waals surface area (Å²) in [5.74, 6) is -0.241. The highest BCUT2D eigenvalue weighted by Crippen LogP contribution is 2.30. The van der Waals surface area contributed by atoms with E-state index in [1.165, 1.54) is 7.11 Å². The van der Waals surface area contributed by atoms with Gasteiger partial charge in [-0.05, 0) is 25.7 Å². The minimum absolute atomic E-state index is 0.241. The largest absolute Gasteiger partial charge is 0.468 e. The van der Waals surface area contributed by atoms with Gasteiger partial charge in [-0.25, -0.2) is 0 Å². The van der Waals surface area contributed by atoms with Gasteiger partial charge in [0.25, 0.3) is 0 Å². The normalized spacial score (nSPS) is 34.2. The van der Waals surface area contributed by atoms with Crippen molar-refractivity contribution in [3.05, 3.63) is 0 Å². The number of aliphatic hydroxyl groups is 1. The third-order valence-corrected chi connectivity index (χ3v) is 3.21. The quantitative estimate of drug-likeness (QED) is 0.500. The van der Waals surface area contributed by atoms with Crippen LogP contribution in [-0.2, 0) is 9.53 Å². The maximum absolute atomic E-state index is 11.4. The number of nitrogens with one attached hydrogen (secondary N) is 1. The first-order valence-electron chi connectivity index (χ1n) is 4.39. The molecule has 1 atom stereocenters. The molecule has 0 aromatic carbocycles. The van der Waals surface area contributed by atoms with Crippen molar-refractivity contribution in [2.24, 2.45) is 0 Å². The van der Waals surface area contributed by atoms with Gasteiger partial charge in [-0.15, -0.1) is 0 Å². The van der Waals surface area contributed by atoms with E-state index in [4.69, 9.17) is 4.74 Å². The van der Waals surface area contributed by atoms with E-state index in [0.717, 1.165) is 0 Å². The average Bonchev–Trinajstić information content (AvgIpc) is 2.18. The summed E-state index contributed by atoms with van der Waals surface area (Å²) in [5.41, 5.74) is -0.599. The molecule has 1 rings (SSSR count). The Morgan fingerprint density at radius 1 is 1.62 bits per heavy atom. The van der Waals surface area contributed by atoms with Gasteiger partial charge in [0.1, 0.15) is 5.54 Å². The van der Waals surface area contributed by atoms with Crippen molar-refractivity contribution in [1.82, 2.24) is 5.09 Å². The molecule has 0 bridgehead atoms. The first-order chi connectivity index (χ1) is 6.14. The molecule has 0 heterocycles. The molecule has 13 heavy (non-hydrogen) atoms. The van der Waals surface area contributed by atoms with Crippen molar-refractivity contribution in [2.75, 3.05) is 7.11 Å². The lowest BCUT2D eigenvalue weighted by Crippen LogP contribution is -2.51. The molecule has 1 unspecified atom stereocenters. The van der Waals surface area contributed by atoms with E-state index >= 15 is 0 Å². The number of ether oxygens (including phenoxy) is 1. The zero-order valence-corrected chi connectivity index (χ0v) is 8.90. The van der Waals surface area contributed by atoms with Crippen molar-refractivity contribution >= 4 is 15.4 Å². The number of hydrogen-bond acceptors (Lipinski definition) is 4. The van der Waals surface area contributed by atoms with Crippen LogP contribution in [-0.4, -0.2) is 29.8 Å². The molecule has 0 spiro atoms. The van der Waals surface area contributed by atoms with Crippen molar-refractivity contribution in [1.29, 1.82) is 0 Å². The Labute approximate surface area is 80.3 Å². The third-order valence-electron chi connectivity index (χ3n) is 2.66. The standard InChI is InChI=1S/C8H16NO3P/c1-12-7(11)8(9-13)4-2-6(10)3-5-8/h6,9-10H,2-5,13H2,1H3. The molecule has 1 aliphatic carbocycles. The number of methoxy groups -OCH3 is 1. The minimum atomic E-state index is -0.599. The lowest BCUT2D eigenvalue weighted by molar-refractivity contribution is -0.149. The monoisotopic (exact) mass is 205 g/mol. The van der Waals surface area contributed by atoms with Crippen molar-refractivity contribution in [2.45, 2.75) is 37.3 Å². The fraction of sp³-hybridized carbons (Fsp3) is 0.875. The summed E-state index contributed by atoms with van der Waals surface area (Å²) in [4.78, 5) is 11.4. The van der Waals surface area contributed by atoms with Crippen LogP contribution < -0.4 is 5.09 Å². The molecule has 2 N–H and O–H groups in total. The second-order valence-corrected chi connectivity index (χ2v) is 3.74. The lowest BCUT2D eigenvalue weighted by Gasteiger charge is -2.35. The van der Waals surface area contributed by atoms with E-state index < -0.39 is 5.54 Å². The van der Waals surface area contributed by atoms with Crippen LogP contribution in [0.25, 0.3) is 0 Å². The molecule has 4 nitrogen and oxygen atoms in total. The maximum atomic E-state index is 11.4. The smallest absolute Gasteiger partial charge is 0.326 e. The Hall–Kier alpha value is -0.180. The van der Waals surface area contributed by atoms with Crippen molar-refractivity contribution < 1.29 is 14.6 Å². The number of hydrogen-bond donors (Lipinski definition) is 2. The molecule has 76 valence electrons. The van der Waals surface area contributed by atoms with E-state index in [2.05, 4.69) is 14.5 Å². The highest BCUT2D eigenvalue weighted by Gasteiger charge is 2.41. The second kappa shape index (κ2) is 4.36. The van der Waals surface area contributed by atoms with Gasteiger partial charge in [-0.2, -0.15) is 0 Å². The van der Waals surface area contributed by atoms with E-state index in [9.17, 15) is 9.90 Å². The lowest BCUT2D eigenvalue weighted by atomic mass is 9.81. The Balaban J connectivity index is 2.65. The molecule has 1 aliphatic rings. The molecule has 0 aromatic rings. The molecule has 0 saturated heterocycles. The van der Waals surface area contributed by atoms with Gasteiger partial charge in [-0.3, -0.25) is 9.88 Å². The van der Waals surface area contributed by atoms with Crippen molar-refractivity contribution in [3.63, 3.8) is 0 Å². The average molecular weight is 205 g/mol. The second-order valence-electron chi connectivity index (χ2n) is 3.45. The van der Waals surface area contributed by atoms with Gasteiger partial charge in [0.15, 0.2) is 0 Å². The number of aliphatic hydroxyl groups excluding tert-OH is 1. The topological polar surface area (TPSA) is 58.6 Å². The summed E-state index contributed by atoms with van der Waals surface area (Å²) < 4.78 is 4.72. The molecule has 0 radical (unpaired) electrons. The molecule has 0 aliphatic heterocycles. The van der Waals surface area contributed by atoms with Gasteiger partial charge in [0, 0.05) is 0 Å². The molecular formula is C8H16NO3P. The van der Waals surface area contributed by atoms with Crippen LogP contribution in [0.15, 0.2) is 0 Å². The summed E-state index contributed by atoms with van der Waals surface area (Å²) in [6.45, 7) is 0. The Bertz CT molecular complexity index is 190. The Kier molecular flexibility index (Phi) is 3.65. The molecule has 0 aromatic heterocycles. The highest BCUT2D eigenvalue weighted by molar-refractivity contribution is 7.13. The number of carbonyl (C=O) groups excluding carboxylic acids is 1. The summed E-state index contributed by atoms with van der Waals surface area (Å²) in [6.07, 6.45) is 2.29. The van der Waals surface area contributed by atoms with E-state index in [1.54, 1.807) is 0 Å². The van der Waals surface area contributed by atoms with Crippen LogP contribution in [0.2, 0.25) is 0 Å². The van der Waals surface area contributed by atoms with Crippen LogP contribution >= 0.6 is 9.39 Å². The molecule has 0 amide bonds. The Morgan fingerprint density at radius 2 is 2.15 bits per heavy atom.